The molecule has 6 heteroatoms. The molecule has 0 aliphatic heterocycles. The number of unbranched alkanes of at least 4 members (excludes halogenated alkanes) is 24. The molecule has 0 bridgehead atoms. The van der Waals surface area contributed by atoms with Gasteiger partial charge in [-0.25, -0.2) is 0 Å². The van der Waals surface area contributed by atoms with Crippen LogP contribution in [0, 0.1) is 0 Å². The molecule has 0 rings (SSSR count). The van der Waals surface area contributed by atoms with Gasteiger partial charge >= 0.3 is 17.9 Å². The molecule has 0 aromatic heterocycles. The van der Waals surface area contributed by atoms with Crippen molar-refractivity contribution in [3.63, 3.8) is 0 Å². The Labute approximate surface area is 426 Å². The highest BCUT2D eigenvalue weighted by Gasteiger charge is 2.19. The summed E-state index contributed by atoms with van der Waals surface area (Å²) in [6.07, 6.45) is 75.5. The van der Waals surface area contributed by atoms with E-state index in [9.17, 15) is 14.4 Å². The Balaban J connectivity index is 4.47. The summed E-state index contributed by atoms with van der Waals surface area (Å²) in [6, 6.07) is 0. The molecule has 1 atom stereocenters. The van der Waals surface area contributed by atoms with E-state index in [1.165, 1.54) is 128 Å². The summed E-state index contributed by atoms with van der Waals surface area (Å²) >= 11 is 0. The molecule has 0 saturated heterocycles. The quantitative estimate of drug-likeness (QED) is 0.0262. The normalized spacial score (nSPS) is 12.8. The third-order valence-electron chi connectivity index (χ3n) is 12.1. The number of hydrogen-bond donors (Lipinski definition) is 0. The van der Waals surface area contributed by atoms with Crippen LogP contribution < -0.4 is 0 Å². The van der Waals surface area contributed by atoms with Crippen LogP contribution in [0.1, 0.15) is 265 Å². The number of allylic oxidation sites excluding steroid dienone is 16. The molecule has 0 N–H and O–H groups in total. The van der Waals surface area contributed by atoms with E-state index in [4.69, 9.17) is 14.2 Å². The fourth-order valence-corrected chi connectivity index (χ4v) is 7.75. The minimum Gasteiger partial charge on any atom is -0.462 e. The summed E-state index contributed by atoms with van der Waals surface area (Å²) in [5.41, 5.74) is 0. The van der Waals surface area contributed by atoms with E-state index in [0.717, 1.165) is 89.9 Å². The maximum atomic E-state index is 12.8. The number of carbonyl (C=O) groups is 3. The molecular formula is C63H106O6. The number of ether oxygens (including phenoxy) is 3. The second-order valence-electron chi connectivity index (χ2n) is 18.8. The minimum atomic E-state index is -0.814. The van der Waals surface area contributed by atoms with E-state index in [2.05, 4.69) is 112 Å². The first-order valence-corrected chi connectivity index (χ1v) is 28.7. The summed E-state index contributed by atoms with van der Waals surface area (Å²) in [6.45, 7) is 6.44. The highest BCUT2D eigenvalue weighted by molar-refractivity contribution is 5.71. The predicted molar refractivity (Wildman–Crippen MR) is 297 cm³/mol. The van der Waals surface area contributed by atoms with Gasteiger partial charge in [-0.05, 0) is 109 Å². The predicted octanol–water partition coefficient (Wildman–Crippen LogP) is 19.3. The van der Waals surface area contributed by atoms with E-state index >= 15 is 0 Å². The zero-order chi connectivity index (χ0) is 50.0. The lowest BCUT2D eigenvalue weighted by molar-refractivity contribution is -0.166. The van der Waals surface area contributed by atoms with Gasteiger partial charge in [0.15, 0.2) is 6.10 Å². The molecule has 0 aliphatic carbocycles. The van der Waals surface area contributed by atoms with Crippen molar-refractivity contribution < 1.29 is 28.6 Å². The minimum absolute atomic E-state index is 0.105. The van der Waals surface area contributed by atoms with E-state index in [0.29, 0.717) is 19.3 Å². The second-order valence-corrected chi connectivity index (χ2v) is 18.8. The van der Waals surface area contributed by atoms with Crippen LogP contribution in [-0.4, -0.2) is 37.2 Å². The smallest absolute Gasteiger partial charge is 0.306 e. The summed E-state index contributed by atoms with van der Waals surface area (Å²) in [7, 11) is 0. The van der Waals surface area contributed by atoms with E-state index in [1.807, 2.05) is 6.08 Å². The zero-order valence-electron chi connectivity index (χ0n) is 45.0. The van der Waals surface area contributed by atoms with Crippen LogP contribution in [0.5, 0.6) is 0 Å². The van der Waals surface area contributed by atoms with Gasteiger partial charge in [0.05, 0.1) is 0 Å². The molecule has 0 unspecified atom stereocenters. The highest BCUT2D eigenvalue weighted by atomic mass is 16.6. The average molecular weight is 960 g/mol. The molecule has 0 amide bonds. The Kier molecular flexibility index (Phi) is 53.9. The monoisotopic (exact) mass is 959 g/mol. The molecule has 0 radical (unpaired) electrons. The van der Waals surface area contributed by atoms with Crippen LogP contribution in [0.2, 0.25) is 0 Å². The van der Waals surface area contributed by atoms with Crippen LogP contribution in [0.25, 0.3) is 0 Å². The van der Waals surface area contributed by atoms with Crippen molar-refractivity contribution in [2.45, 2.75) is 271 Å². The van der Waals surface area contributed by atoms with E-state index in [1.54, 1.807) is 0 Å². The summed E-state index contributed by atoms with van der Waals surface area (Å²) in [5, 5.41) is 0. The number of carbonyl (C=O) groups excluding carboxylic acids is 3. The first kappa shape index (κ1) is 65.3. The first-order chi connectivity index (χ1) is 34.0. The molecule has 0 fully saturated rings. The van der Waals surface area contributed by atoms with Gasteiger partial charge in [0.1, 0.15) is 13.2 Å². The van der Waals surface area contributed by atoms with Crippen molar-refractivity contribution in [1.82, 2.24) is 0 Å². The lowest BCUT2D eigenvalue weighted by Crippen LogP contribution is -2.30. The van der Waals surface area contributed by atoms with Gasteiger partial charge in [0.2, 0.25) is 0 Å². The van der Waals surface area contributed by atoms with E-state index < -0.39 is 6.10 Å². The second kappa shape index (κ2) is 56.9. The lowest BCUT2D eigenvalue weighted by Gasteiger charge is -2.18. The Morgan fingerprint density at radius 1 is 0.304 bits per heavy atom. The third kappa shape index (κ3) is 55.1. The van der Waals surface area contributed by atoms with Crippen molar-refractivity contribution in [3.8, 4) is 0 Å². The van der Waals surface area contributed by atoms with Gasteiger partial charge in [0, 0.05) is 19.3 Å². The van der Waals surface area contributed by atoms with Crippen molar-refractivity contribution in [1.29, 1.82) is 0 Å². The van der Waals surface area contributed by atoms with Crippen LogP contribution >= 0.6 is 0 Å². The standard InChI is InChI=1S/C63H106O6/c1-4-7-10-13-16-19-22-25-27-29-31-33-35-38-40-43-46-49-52-55-61(64)67-58-60(69-63(66)57-54-51-48-45-42-37-24-21-18-15-12-9-6-3)59-68-62(65)56-53-50-47-44-41-39-36-34-32-30-28-26-23-20-17-14-11-8-5-2/h7,10,16,19,21,24-28,31,33,38,40,46,49,60H,4-6,8-9,11-15,17-18,20,22-23,29-30,32,34-37,39,41-45,47-48,50-59H2,1-3H3/b10-7-,19-16-,24-21-,27-25-,28-26-,33-31-,40-38-,49-46-/t60-/m1/s1. The third-order valence-corrected chi connectivity index (χ3v) is 12.1. The van der Waals surface area contributed by atoms with Gasteiger partial charge in [0.25, 0.3) is 0 Å². The van der Waals surface area contributed by atoms with Gasteiger partial charge in [-0.15, -0.1) is 0 Å². The van der Waals surface area contributed by atoms with Crippen LogP contribution in [-0.2, 0) is 28.6 Å². The summed E-state index contributed by atoms with van der Waals surface area (Å²) < 4.78 is 16.8. The van der Waals surface area contributed by atoms with Crippen molar-refractivity contribution >= 4 is 17.9 Å². The lowest BCUT2D eigenvalue weighted by atomic mass is 10.1. The van der Waals surface area contributed by atoms with E-state index in [-0.39, 0.29) is 37.5 Å². The largest absolute Gasteiger partial charge is 0.462 e. The van der Waals surface area contributed by atoms with Crippen LogP contribution in [0.4, 0.5) is 0 Å². The highest BCUT2D eigenvalue weighted by Crippen LogP contribution is 2.14. The topological polar surface area (TPSA) is 78.9 Å². The van der Waals surface area contributed by atoms with Crippen molar-refractivity contribution in [2.75, 3.05) is 13.2 Å². The molecule has 0 saturated carbocycles. The molecule has 6 nitrogen and oxygen atoms in total. The molecule has 0 spiro atoms. The molecule has 0 aromatic carbocycles. The zero-order valence-corrected chi connectivity index (χ0v) is 45.0. The van der Waals surface area contributed by atoms with Gasteiger partial charge in [-0.3, -0.25) is 14.4 Å². The average Bonchev–Trinajstić information content (AvgIpc) is 3.35. The Morgan fingerprint density at radius 3 is 0.986 bits per heavy atom. The number of esters is 3. The molecule has 69 heavy (non-hydrogen) atoms. The van der Waals surface area contributed by atoms with Crippen LogP contribution in [0.3, 0.4) is 0 Å². The molecule has 0 aliphatic rings. The van der Waals surface area contributed by atoms with Crippen molar-refractivity contribution in [3.05, 3.63) is 97.2 Å². The maximum absolute atomic E-state index is 12.8. The molecular weight excluding hydrogens is 853 g/mol. The number of hydrogen-bond acceptors (Lipinski definition) is 6. The van der Waals surface area contributed by atoms with Crippen LogP contribution in [0.15, 0.2) is 97.2 Å². The SMILES string of the molecule is CC/C=C\C/C=C\C/C=C\C/C=C\C/C=C\C/C=C\CCC(=O)OC[C@H](COC(=O)CCCCCCCCCCC/C=C\CCCCCCCC)OC(=O)CCCCCCC/C=C\CCCCCC. The molecule has 0 heterocycles. The summed E-state index contributed by atoms with van der Waals surface area (Å²) in [4.78, 5) is 38.1. The van der Waals surface area contributed by atoms with Gasteiger partial charge in [-0.2, -0.15) is 0 Å². The van der Waals surface area contributed by atoms with Crippen molar-refractivity contribution in [2.24, 2.45) is 0 Å². The first-order valence-electron chi connectivity index (χ1n) is 28.7. The fraction of sp³-hybridized carbons (Fsp3) is 0.698. The molecule has 394 valence electrons. The van der Waals surface area contributed by atoms with Gasteiger partial charge < -0.3 is 14.2 Å². The van der Waals surface area contributed by atoms with Gasteiger partial charge in [-0.1, -0.05) is 234 Å². The molecule has 0 aromatic rings. The maximum Gasteiger partial charge on any atom is 0.306 e. The number of rotatable bonds is 51. The Hall–Kier alpha value is -3.67. The fourth-order valence-electron chi connectivity index (χ4n) is 7.75. The Morgan fingerprint density at radius 2 is 0.594 bits per heavy atom. The summed E-state index contributed by atoms with van der Waals surface area (Å²) in [5.74, 6) is -1.00. The Bertz CT molecular complexity index is 1380.